The van der Waals surface area contributed by atoms with Crippen molar-refractivity contribution >= 4 is 30.0 Å². The minimum Gasteiger partial charge on any atom is -0.469 e. The fourth-order valence-electron chi connectivity index (χ4n) is 1.18. The smallest absolute Gasteiger partial charge is 0.307 e. The SMILES string of the molecule is COC(=O)C[C@H](N)c1cccc(Cl)c1F.Cl. The molecule has 1 atom stereocenters. The predicted molar refractivity (Wildman–Crippen MR) is 62.2 cm³/mol. The van der Waals surface area contributed by atoms with Crippen molar-refractivity contribution in [2.75, 3.05) is 7.11 Å². The van der Waals surface area contributed by atoms with Gasteiger partial charge in [-0.25, -0.2) is 4.39 Å². The van der Waals surface area contributed by atoms with Crippen molar-refractivity contribution < 1.29 is 13.9 Å². The molecule has 0 amide bonds. The van der Waals surface area contributed by atoms with Gasteiger partial charge in [0, 0.05) is 11.6 Å². The Morgan fingerprint density at radius 3 is 2.81 bits per heavy atom. The molecule has 3 nitrogen and oxygen atoms in total. The first-order valence-electron chi connectivity index (χ1n) is 4.32. The Morgan fingerprint density at radius 1 is 1.62 bits per heavy atom. The number of halogens is 3. The zero-order valence-corrected chi connectivity index (χ0v) is 10.1. The molecule has 1 aromatic rings. The molecule has 1 rings (SSSR count). The van der Waals surface area contributed by atoms with E-state index >= 15 is 0 Å². The average molecular weight is 268 g/mol. The summed E-state index contributed by atoms with van der Waals surface area (Å²) < 4.78 is 17.9. The van der Waals surface area contributed by atoms with Gasteiger partial charge < -0.3 is 10.5 Å². The highest BCUT2D eigenvalue weighted by Gasteiger charge is 2.16. The Hall–Kier alpha value is -0.840. The standard InChI is InChI=1S/C10H11ClFNO2.ClH/c1-15-9(14)5-8(13)6-3-2-4-7(11)10(6)12;/h2-4,8H,5,13H2,1H3;1H/t8-;/m0./s1. The lowest BCUT2D eigenvalue weighted by Gasteiger charge is -2.11. The number of ether oxygens (including phenoxy) is 1. The van der Waals surface area contributed by atoms with Crippen LogP contribution in [0.25, 0.3) is 0 Å². The van der Waals surface area contributed by atoms with Crippen molar-refractivity contribution in [1.29, 1.82) is 0 Å². The molecule has 0 saturated carbocycles. The molecule has 6 heteroatoms. The van der Waals surface area contributed by atoms with Gasteiger partial charge >= 0.3 is 5.97 Å². The number of rotatable bonds is 3. The highest BCUT2D eigenvalue weighted by Crippen LogP contribution is 2.23. The first-order chi connectivity index (χ1) is 7.06. The summed E-state index contributed by atoms with van der Waals surface area (Å²) in [7, 11) is 1.25. The van der Waals surface area contributed by atoms with Crippen molar-refractivity contribution in [1.82, 2.24) is 0 Å². The molecule has 16 heavy (non-hydrogen) atoms. The van der Waals surface area contributed by atoms with E-state index in [9.17, 15) is 9.18 Å². The van der Waals surface area contributed by atoms with Crippen LogP contribution in [-0.2, 0) is 9.53 Å². The lowest BCUT2D eigenvalue weighted by molar-refractivity contribution is -0.141. The first kappa shape index (κ1) is 15.2. The second-order valence-electron chi connectivity index (χ2n) is 3.03. The molecule has 0 aliphatic rings. The molecule has 0 saturated heterocycles. The fraction of sp³-hybridized carbons (Fsp3) is 0.300. The maximum Gasteiger partial charge on any atom is 0.307 e. The number of nitrogens with two attached hydrogens (primary N) is 1. The Balaban J connectivity index is 0.00000225. The van der Waals surface area contributed by atoms with Crippen molar-refractivity contribution in [3.05, 3.63) is 34.6 Å². The van der Waals surface area contributed by atoms with E-state index < -0.39 is 17.8 Å². The second-order valence-corrected chi connectivity index (χ2v) is 3.44. The fourth-order valence-corrected chi connectivity index (χ4v) is 1.36. The Morgan fingerprint density at radius 2 is 2.25 bits per heavy atom. The number of hydrogen-bond acceptors (Lipinski definition) is 3. The Bertz CT molecular complexity index is 374. The third kappa shape index (κ3) is 3.63. The van der Waals surface area contributed by atoms with Gasteiger partial charge in [0.1, 0.15) is 5.82 Å². The molecule has 90 valence electrons. The van der Waals surface area contributed by atoms with Gasteiger partial charge in [0.05, 0.1) is 18.6 Å². The number of esters is 1. The number of hydrogen-bond donors (Lipinski definition) is 1. The molecule has 0 heterocycles. The topological polar surface area (TPSA) is 52.3 Å². The van der Waals surface area contributed by atoms with Crippen LogP contribution in [0.1, 0.15) is 18.0 Å². The van der Waals surface area contributed by atoms with E-state index in [4.69, 9.17) is 17.3 Å². The van der Waals surface area contributed by atoms with Crippen molar-refractivity contribution in [2.24, 2.45) is 5.73 Å². The van der Waals surface area contributed by atoms with Gasteiger partial charge in [0.2, 0.25) is 0 Å². The van der Waals surface area contributed by atoms with Crippen molar-refractivity contribution in [3.8, 4) is 0 Å². The summed E-state index contributed by atoms with van der Waals surface area (Å²) in [5.41, 5.74) is 5.86. The van der Waals surface area contributed by atoms with Gasteiger partial charge in [-0.3, -0.25) is 4.79 Å². The van der Waals surface area contributed by atoms with Gasteiger partial charge in [-0.2, -0.15) is 0 Å². The molecule has 1 aromatic carbocycles. The van der Waals surface area contributed by atoms with Crippen LogP contribution < -0.4 is 5.73 Å². The first-order valence-corrected chi connectivity index (χ1v) is 4.70. The van der Waals surface area contributed by atoms with Crippen LogP contribution in [0.5, 0.6) is 0 Å². The molecule has 0 spiro atoms. The van der Waals surface area contributed by atoms with Crippen LogP contribution in [0.15, 0.2) is 18.2 Å². The van der Waals surface area contributed by atoms with E-state index in [0.29, 0.717) is 0 Å². The number of benzene rings is 1. The zero-order valence-electron chi connectivity index (χ0n) is 8.57. The predicted octanol–water partition coefficient (Wildman–Crippen LogP) is 2.46. The van der Waals surface area contributed by atoms with Crippen LogP contribution >= 0.6 is 24.0 Å². The Kier molecular flexibility index (Phi) is 6.33. The summed E-state index contributed by atoms with van der Waals surface area (Å²) in [6.45, 7) is 0. The molecule has 2 N–H and O–H groups in total. The van der Waals surface area contributed by atoms with Crippen LogP contribution in [-0.4, -0.2) is 13.1 Å². The minimum atomic E-state index is -0.740. The number of methoxy groups -OCH3 is 1. The van der Waals surface area contributed by atoms with Gasteiger partial charge in [0.25, 0.3) is 0 Å². The average Bonchev–Trinajstić information content (AvgIpc) is 2.21. The van der Waals surface area contributed by atoms with Crippen LogP contribution in [0.2, 0.25) is 5.02 Å². The molecule has 0 fully saturated rings. The van der Waals surface area contributed by atoms with Gasteiger partial charge in [-0.15, -0.1) is 12.4 Å². The summed E-state index contributed by atoms with van der Waals surface area (Å²) in [6, 6.07) is 3.76. The van der Waals surface area contributed by atoms with Gasteiger partial charge in [-0.1, -0.05) is 23.7 Å². The lowest BCUT2D eigenvalue weighted by atomic mass is 10.0. The number of carbonyl (C=O) groups is 1. The molecule has 0 aliphatic carbocycles. The zero-order chi connectivity index (χ0) is 11.4. The molecule has 0 unspecified atom stereocenters. The minimum absolute atomic E-state index is 0. The summed E-state index contributed by atoms with van der Waals surface area (Å²) in [5, 5.41) is -0.00665. The lowest BCUT2D eigenvalue weighted by Crippen LogP contribution is -2.17. The molecule has 0 radical (unpaired) electrons. The molecule has 0 bridgehead atoms. The Labute approximate surface area is 104 Å². The van der Waals surface area contributed by atoms with Gasteiger partial charge in [0.15, 0.2) is 0 Å². The molecule has 0 aliphatic heterocycles. The summed E-state index contributed by atoms with van der Waals surface area (Å²) in [4.78, 5) is 10.9. The van der Waals surface area contributed by atoms with Crippen LogP contribution in [0, 0.1) is 5.82 Å². The summed E-state index contributed by atoms with van der Waals surface area (Å²) >= 11 is 5.58. The molecular weight excluding hydrogens is 256 g/mol. The number of carbonyl (C=O) groups excluding carboxylic acids is 1. The maximum absolute atomic E-state index is 13.4. The monoisotopic (exact) mass is 267 g/mol. The van der Waals surface area contributed by atoms with E-state index in [1.807, 2.05) is 0 Å². The van der Waals surface area contributed by atoms with E-state index in [1.165, 1.54) is 19.2 Å². The second kappa shape index (κ2) is 6.68. The van der Waals surface area contributed by atoms with E-state index in [0.717, 1.165) is 0 Å². The van der Waals surface area contributed by atoms with Crippen molar-refractivity contribution in [2.45, 2.75) is 12.5 Å². The third-order valence-electron chi connectivity index (χ3n) is 2.00. The van der Waals surface area contributed by atoms with E-state index in [-0.39, 0.29) is 29.4 Å². The highest BCUT2D eigenvalue weighted by atomic mass is 35.5. The van der Waals surface area contributed by atoms with Crippen LogP contribution in [0.3, 0.4) is 0 Å². The van der Waals surface area contributed by atoms with Crippen LogP contribution in [0.4, 0.5) is 4.39 Å². The largest absolute Gasteiger partial charge is 0.469 e. The van der Waals surface area contributed by atoms with Gasteiger partial charge in [-0.05, 0) is 6.07 Å². The maximum atomic E-state index is 13.4. The highest BCUT2D eigenvalue weighted by molar-refractivity contribution is 6.30. The molecule has 0 aromatic heterocycles. The summed E-state index contributed by atoms with van der Waals surface area (Å²) in [6.07, 6.45) is -0.0756. The normalized spacial score (nSPS) is 11.5. The van der Waals surface area contributed by atoms with Crippen molar-refractivity contribution in [3.63, 3.8) is 0 Å². The quantitative estimate of drug-likeness (QED) is 0.857. The van der Waals surface area contributed by atoms with E-state index in [2.05, 4.69) is 4.74 Å². The molecular formula is C10H12Cl2FNO2. The summed E-state index contributed by atoms with van der Waals surface area (Å²) in [5.74, 6) is -1.07. The third-order valence-corrected chi connectivity index (χ3v) is 2.29. The van der Waals surface area contributed by atoms with E-state index in [1.54, 1.807) is 6.07 Å².